The van der Waals surface area contributed by atoms with Crippen molar-refractivity contribution in [2.24, 2.45) is 0 Å². The molecule has 0 unspecified atom stereocenters. The van der Waals surface area contributed by atoms with Crippen LogP contribution in [-0.4, -0.2) is 35.4 Å². The molecule has 0 saturated heterocycles. The Labute approximate surface area is 185 Å². The van der Waals surface area contributed by atoms with E-state index in [1.54, 1.807) is 18.2 Å². The SMILES string of the molecule is CNC(=O)[C@H]1Cc2cc(Nc3ncc(F)c(Nc4cccc(OC(F)(F)F)c4)n3)ccc2O1. The van der Waals surface area contributed by atoms with Gasteiger partial charge in [0.1, 0.15) is 11.5 Å². The van der Waals surface area contributed by atoms with Gasteiger partial charge in [-0.05, 0) is 30.3 Å². The maximum absolute atomic E-state index is 14.2. The first-order valence-electron chi connectivity index (χ1n) is 9.64. The highest BCUT2D eigenvalue weighted by molar-refractivity contribution is 5.82. The van der Waals surface area contributed by atoms with Crippen LogP contribution in [0.2, 0.25) is 0 Å². The van der Waals surface area contributed by atoms with Crippen molar-refractivity contribution in [1.82, 2.24) is 15.3 Å². The first kappa shape index (κ1) is 22.1. The van der Waals surface area contributed by atoms with Crippen molar-refractivity contribution >= 4 is 29.0 Å². The number of fused-ring (bicyclic) bond motifs is 1. The molecular weight excluding hydrogens is 446 g/mol. The summed E-state index contributed by atoms with van der Waals surface area (Å²) in [5.74, 6) is -1.13. The number of halogens is 4. The lowest BCUT2D eigenvalue weighted by Gasteiger charge is -2.12. The fourth-order valence-electron chi connectivity index (χ4n) is 3.19. The topological polar surface area (TPSA) is 97.4 Å². The van der Waals surface area contributed by atoms with Gasteiger partial charge in [0.15, 0.2) is 17.7 Å². The van der Waals surface area contributed by atoms with Crippen LogP contribution in [-0.2, 0) is 11.2 Å². The summed E-state index contributed by atoms with van der Waals surface area (Å²) in [7, 11) is 1.53. The third-order valence-electron chi connectivity index (χ3n) is 4.60. The van der Waals surface area contributed by atoms with Crippen LogP contribution in [0.4, 0.5) is 40.7 Å². The highest BCUT2D eigenvalue weighted by Crippen LogP contribution is 2.32. The lowest BCUT2D eigenvalue weighted by atomic mass is 10.1. The van der Waals surface area contributed by atoms with E-state index in [1.165, 1.54) is 19.2 Å². The second kappa shape index (κ2) is 8.81. The predicted molar refractivity (Wildman–Crippen MR) is 110 cm³/mol. The number of amides is 1. The molecule has 4 rings (SSSR count). The first-order valence-corrected chi connectivity index (χ1v) is 9.64. The van der Waals surface area contributed by atoms with Gasteiger partial charge in [-0.15, -0.1) is 13.2 Å². The maximum atomic E-state index is 14.2. The fraction of sp³-hybridized carbons (Fsp3) is 0.190. The number of carbonyl (C=O) groups excluding carboxylic acids is 1. The lowest BCUT2D eigenvalue weighted by Crippen LogP contribution is -2.34. The molecule has 8 nitrogen and oxygen atoms in total. The zero-order valence-electron chi connectivity index (χ0n) is 17.0. The summed E-state index contributed by atoms with van der Waals surface area (Å²) < 4.78 is 61.0. The van der Waals surface area contributed by atoms with E-state index in [-0.39, 0.29) is 23.4 Å². The van der Waals surface area contributed by atoms with E-state index in [9.17, 15) is 22.4 Å². The van der Waals surface area contributed by atoms with Crippen molar-refractivity contribution in [2.45, 2.75) is 18.9 Å². The van der Waals surface area contributed by atoms with E-state index < -0.39 is 24.0 Å². The average molecular weight is 463 g/mol. The number of likely N-dealkylation sites (N-methyl/N-ethyl adjacent to an activating group) is 1. The molecule has 2 heterocycles. The van der Waals surface area contributed by atoms with Gasteiger partial charge >= 0.3 is 6.36 Å². The Morgan fingerprint density at radius 3 is 2.70 bits per heavy atom. The molecule has 1 atom stereocenters. The molecule has 2 aromatic carbocycles. The number of alkyl halides is 3. The van der Waals surface area contributed by atoms with Crippen molar-refractivity contribution in [3.63, 3.8) is 0 Å². The van der Waals surface area contributed by atoms with Gasteiger partial charge in [0, 0.05) is 36.5 Å². The molecule has 1 aromatic heterocycles. The fourth-order valence-corrected chi connectivity index (χ4v) is 3.19. The summed E-state index contributed by atoms with van der Waals surface area (Å²) in [5, 5.41) is 8.08. The van der Waals surface area contributed by atoms with E-state index >= 15 is 0 Å². The van der Waals surface area contributed by atoms with Crippen LogP contribution in [0.25, 0.3) is 0 Å². The summed E-state index contributed by atoms with van der Waals surface area (Å²) in [6, 6.07) is 10.1. The van der Waals surface area contributed by atoms with Gasteiger partial charge in [-0.3, -0.25) is 4.79 Å². The van der Waals surface area contributed by atoms with Crippen LogP contribution in [0.1, 0.15) is 5.56 Å². The standard InChI is InChI=1S/C21H17F4N5O3/c1-26-19(31)17-8-11-7-13(5-6-16(11)32-17)29-20-27-10-15(22)18(30-20)28-12-3-2-4-14(9-12)33-21(23,24)25/h2-7,9-10,17H,8H2,1H3,(H,26,31)(H2,27,28,29,30)/t17-/m1/s1. The molecule has 0 radical (unpaired) electrons. The molecule has 0 bridgehead atoms. The smallest absolute Gasteiger partial charge is 0.480 e. The molecule has 1 aliphatic rings. The number of hydrogen-bond donors (Lipinski definition) is 3. The van der Waals surface area contributed by atoms with Crippen LogP contribution in [0.5, 0.6) is 11.5 Å². The van der Waals surface area contributed by atoms with Crippen molar-refractivity contribution in [1.29, 1.82) is 0 Å². The number of carbonyl (C=O) groups is 1. The second-order valence-corrected chi connectivity index (χ2v) is 6.96. The Balaban J connectivity index is 1.49. The highest BCUT2D eigenvalue weighted by Gasteiger charge is 2.31. The quantitative estimate of drug-likeness (QED) is 0.475. The Morgan fingerprint density at radius 1 is 1.15 bits per heavy atom. The minimum atomic E-state index is -4.85. The number of nitrogens with one attached hydrogen (secondary N) is 3. The predicted octanol–water partition coefficient (Wildman–Crippen LogP) is 4.05. The number of nitrogens with zero attached hydrogens (tertiary/aromatic N) is 2. The van der Waals surface area contributed by atoms with Crippen LogP contribution in [0.15, 0.2) is 48.7 Å². The molecule has 0 aliphatic carbocycles. The molecule has 1 amide bonds. The number of anilines is 4. The van der Waals surface area contributed by atoms with Crippen LogP contribution in [0.3, 0.4) is 0 Å². The van der Waals surface area contributed by atoms with Crippen molar-refractivity contribution in [3.05, 3.63) is 60.0 Å². The summed E-state index contributed by atoms with van der Waals surface area (Å²) in [5.41, 5.74) is 1.51. The maximum Gasteiger partial charge on any atom is 0.573 e. The lowest BCUT2D eigenvalue weighted by molar-refractivity contribution is -0.274. The van der Waals surface area contributed by atoms with E-state index in [2.05, 4.69) is 30.7 Å². The second-order valence-electron chi connectivity index (χ2n) is 6.96. The molecule has 0 spiro atoms. The molecule has 3 N–H and O–H groups in total. The Hall–Kier alpha value is -4.09. The molecule has 0 fully saturated rings. The summed E-state index contributed by atoms with van der Waals surface area (Å²) in [4.78, 5) is 19.7. The number of rotatable bonds is 6. The molecule has 172 valence electrons. The molecule has 0 saturated carbocycles. The van der Waals surface area contributed by atoms with Gasteiger partial charge in [-0.2, -0.15) is 4.98 Å². The van der Waals surface area contributed by atoms with Crippen LogP contribution in [0, 0.1) is 5.82 Å². The summed E-state index contributed by atoms with van der Waals surface area (Å²) >= 11 is 0. The number of aromatic nitrogens is 2. The zero-order valence-corrected chi connectivity index (χ0v) is 17.0. The van der Waals surface area contributed by atoms with Crippen molar-refractivity contribution in [3.8, 4) is 11.5 Å². The van der Waals surface area contributed by atoms with Crippen molar-refractivity contribution < 1.29 is 31.8 Å². The Morgan fingerprint density at radius 2 is 1.94 bits per heavy atom. The molecule has 33 heavy (non-hydrogen) atoms. The van der Waals surface area contributed by atoms with Crippen molar-refractivity contribution in [2.75, 3.05) is 17.7 Å². The summed E-state index contributed by atoms with van der Waals surface area (Å²) in [6.07, 6.45) is -4.16. The Bertz CT molecular complexity index is 1190. The first-order chi connectivity index (χ1) is 15.7. The zero-order chi connectivity index (χ0) is 23.6. The average Bonchev–Trinajstić information content (AvgIpc) is 3.18. The number of hydrogen-bond acceptors (Lipinski definition) is 7. The van der Waals surface area contributed by atoms with Crippen LogP contribution < -0.4 is 25.4 Å². The highest BCUT2D eigenvalue weighted by atomic mass is 19.4. The number of benzene rings is 2. The van der Waals surface area contributed by atoms with Gasteiger partial charge < -0.3 is 25.4 Å². The monoisotopic (exact) mass is 463 g/mol. The van der Waals surface area contributed by atoms with Gasteiger partial charge in [0.2, 0.25) is 5.95 Å². The molecule has 12 heteroatoms. The number of ether oxygens (including phenoxy) is 2. The molecule has 3 aromatic rings. The van der Waals surface area contributed by atoms with Gasteiger partial charge in [-0.1, -0.05) is 6.07 Å². The normalized spacial score (nSPS) is 14.8. The molecular formula is C21H17F4N5O3. The van der Waals surface area contributed by atoms with E-state index in [1.807, 2.05) is 0 Å². The van der Waals surface area contributed by atoms with E-state index in [0.717, 1.165) is 23.9 Å². The van der Waals surface area contributed by atoms with E-state index in [4.69, 9.17) is 4.74 Å². The largest absolute Gasteiger partial charge is 0.573 e. The minimum Gasteiger partial charge on any atom is -0.480 e. The Kier molecular flexibility index (Phi) is 5.90. The van der Waals surface area contributed by atoms with E-state index in [0.29, 0.717) is 17.9 Å². The van der Waals surface area contributed by atoms with Crippen LogP contribution >= 0.6 is 0 Å². The minimum absolute atomic E-state index is 0.0447. The molecule has 1 aliphatic heterocycles. The summed E-state index contributed by atoms with van der Waals surface area (Å²) in [6.45, 7) is 0. The van der Waals surface area contributed by atoms with Gasteiger partial charge in [-0.25, -0.2) is 9.37 Å². The van der Waals surface area contributed by atoms with Gasteiger partial charge in [0.05, 0.1) is 6.20 Å². The third-order valence-corrected chi connectivity index (χ3v) is 4.60. The third kappa shape index (κ3) is 5.40. The van der Waals surface area contributed by atoms with Gasteiger partial charge in [0.25, 0.3) is 5.91 Å².